The molecule has 0 saturated heterocycles. The Morgan fingerprint density at radius 1 is 1.31 bits per heavy atom. The van der Waals surface area contributed by atoms with Crippen LogP contribution in [0.3, 0.4) is 0 Å². The molecule has 0 bridgehead atoms. The predicted octanol–water partition coefficient (Wildman–Crippen LogP) is 4.81. The molecule has 0 spiro atoms. The number of hydrogen-bond acceptors (Lipinski definition) is 2. The van der Waals surface area contributed by atoms with Crippen LogP contribution in [0.4, 0.5) is 17.6 Å². The van der Waals surface area contributed by atoms with Gasteiger partial charge in [-0.2, -0.15) is 13.2 Å². The Hall–Kier alpha value is -2.44. The summed E-state index contributed by atoms with van der Waals surface area (Å²) in [6.45, 7) is 1.76. The average Bonchev–Trinajstić information content (AvgIpc) is 2.60. The minimum atomic E-state index is -4.73. The van der Waals surface area contributed by atoms with Crippen LogP contribution in [0.15, 0.2) is 30.6 Å². The molecule has 1 aliphatic carbocycles. The lowest BCUT2D eigenvalue weighted by atomic mass is 9.84. The normalized spacial score (nSPS) is 16.9. The molecule has 7 heteroatoms. The van der Waals surface area contributed by atoms with Crippen LogP contribution in [-0.4, -0.2) is 10.9 Å². The van der Waals surface area contributed by atoms with E-state index in [0.717, 1.165) is 36.1 Å². The van der Waals surface area contributed by atoms with Gasteiger partial charge in [-0.05, 0) is 48.1 Å². The second-order valence-corrected chi connectivity index (χ2v) is 6.31. The summed E-state index contributed by atoms with van der Waals surface area (Å²) in [4.78, 5) is 15.9. The summed E-state index contributed by atoms with van der Waals surface area (Å²) in [5, 5.41) is 2.94. The Morgan fingerprint density at radius 3 is 2.73 bits per heavy atom. The van der Waals surface area contributed by atoms with Gasteiger partial charge in [0.2, 0.25) is 5.91 Å². The fourth-order valence-corrected chi connectivity index (χ4v) is 3.33. The number of nitrogens with one attached hydrogen (secondary N) is 1. The van der Waals surface area contributed by atoms with Crippen LogP contribution in [0.25, 0.3) is 11.1 Å². The van der Waals surface area contributed by atoms with E-state index in [1.54, 1.807) is 13.1 Å². The third-order valence-corrected chi connectivity index (χ3v) is 4.63. The number of amides is 1. The second-order valence-electron chi connectivity index (χ2n) is 6.31. The first kappa shape index (κ1) is 18.4. The number of hydrogen-bond donors (Lipinski definition) is 1. The molecule has 138 valence electrons. The highest BCUT2D eigenvalue weighted by atomic mass is 19.4. The molecule has 2 aromatic rings. The smallest absolute Gasteiger partial charge is 0.349 e. The fourth-order valence-electron chi connectivity index (χ4n) is 3.33. The predicted molar refractivity (Wildman–Crippen MR) is 88.7 cm³/mol. The molecule has 1 amide bonds. The van der Waals surface area contributed by atoms with Crippen molar-refractivity contribution in [3.63, 3.8) is 0 Å². The highest BCUT2D eigenvalue weighted by molar-refractivity contribution is 5.76. The van der Waals surface area contributed by atoms with E-state index >= 15 is 0 Å². The largest absolute Gasteiger partial charge is 0.419 e. The van der Waals surface area contributed by atoms with Gasteiger partial charge in [-0.3, -0.25) is 9.78 Å². The monoisotopic (exact) mass is 366 g/mol. The first-order chi connectivity index (χ1) is 12.3. The van der Waals surface area contributed by atoms with E-state index in [2.05, 4.69) is 10.3 Å². The van der Waals surface area contributed by atoms with Crippen molar-refractivity contribution in [2.24, 2.45) is 0 Å². The summed E-state index contributed by atoms with van der Waals surface area (Å²) in [5.74, 6) is -1.38. The van der Waals surface area contributed by atoms with Gasteiger partial charge < -0.3 is 5.32 Å². The molecule has 1 aliphatic rings. The van der Waals surface area contributed by atoms with E-state index < -0.39 is 17.6 Å². The summed E-state index contributed by atoms with van der Waals surface area (Å²) in [7, 11) is 0. The summed E-state index contributed by atoms with van der Waals surface area (Å²) >= 11 is 0. The third-order valence-electron chi connectivity index (χ3n) is 4.63. The molecular weight excluding hydrogens is 348 g/mol. The third kappa shape index (κ3) is 3.57. The highest BCUT2D eigenvalue weighted by Crippen LogP contribution is 2.38. The number of carbonyl (C=O) groups excluding carboxylic acids is 1. The van der Waals surface area contributed by atoms with Crippen LogP contribution in [-0.2, 0) is 17.4 Å². The maximum absolute atomic E-state index is 14.0. The van der Waals surface area contributed by atoms with E-state index in [-0.39, 0.29) is 11.9 Å². The van der Waals surface area contributed by atoms with Gasteiger partial charge >= 0.3 is 6.18 Å². The minimum Gasteiger partial charge on any atom is -0.349 e. The molecule has 3 nitrogen and oxygen atoms in total. The Labute approximate surface area is 148 Å². The molecule has 0 saturated carbocycles. The molecule has 1 heterocycles. The van der Waals surface area contributed by atoms with Crippen molar-refractivity contribution >= 4 is 5.91 Å². The van der Waals surface area contributed by atoms with E-state index in [1.807, 2.05) is 0 Å². The number of fused-ring (bicyclic) bond motifs is 1. The number of carbonyl (C=O) groups is 1. The Morgan fingerprint density at radius 2 is 2.08 bits per heavy atom. The van der Waals surface area contributed by atoms with Crippen LogP contribution < -0.4 is 5.32 Å². The van der Waals surface area contributed by atoms with Gasteiger partial charge in [0.25, 0.3) is 0 Å². The zero-order valence-electron chi connectivity index (χ0n) is 14.2. The molecule has 3 rings (SSSR count). The second kappa shape index (κ2) is 7.05. The number of halogens is 4. The van der Waals surface area contributed by atoms with E-state index in [1.165, 1.54) is 12.3 Å². The molecule has 0 unspecified atom stereocenters. The van der Waals surface area contributed by atoms with Crippen molar-refractivity contribution in [1.82, 2.24) is 10.3 Å². The van der Waals surface area contributed by atoms with Crippen LogP contribution in [0, 0.1) is 5.82 Å². The van der Waals surface area contributed by atoms with Crippen molar-refractivity contribution in [3.8, 4) is 11.1 Å². The molecule has 1 N–H and O–H groups in total. The zero-order chi connectivity index (χ0) is 18.9. The van der Waals surface area contributed by atoms with Gasteiger partial charge in [0.05, 0.1) is 11.6 Å². The van der Waals surface area contributed by atoms with Gasteiger partial charge in [-0.1, -0.05) is 13.0 Å². The lowest BCUT2D eigenvalue weighted by molar-refractivity contribution is -0.140. The zero-order valence-corrected chi connectivity index (χ0v) is 14.2. The van der Waals surface area contributed by atoms with Crippen molar-refractivity contribution in [2.75, 3.05) is 0 Å². The molecule has 1 aromatic carbocycles. The van der Waals surface area contributed by atoms with Crippen molar-refractivity contribution < 1.29 is 22.4 Å². The summed E-state index contributed by atoms with van der Waals surface area (Å²) in [6, 6.07) is 2.73. The number of alkyl halides is 3. The molecule has 0 radical (unpaired) electrons. The standard InChI is InChI=1S/C19H18F4N2O/c1-2-18(26)25-17-5-3-4-12-13(9-24-10-14(12)17)11-6-7-15(16(20)8-11)19(21,22)23/h6-10,17H,2-5H2,1H3,(H,25,26)/t17-/m1/s1. The van der Waals surface area contributed by atoms with Gasteiger partial charge in [0.15, 0.2) is 0 Å². The van der Waals surface area contributed by atoms with Gasteiger partial charge in [0, 0.05) is 24.4 Å². The summed E-state index contributed by atoms with van der Waals surface area (Å²) in [6.07, 6.45) is 1.13. The molecule has 26 heavy (non-hydrogen) atoms. The quantitative estimate of drug-likeness (QED) is 0.792. The van der Waals surface area contributed by atoms with Crippen LogP contribution in [0.1, 0.15) is 48.9 Å². The van der Waals surface area contributed by atoms with E-state index in [9.17, 15) is 22.4 Å². The molecule has 1 atom stereocenters. The Balaban J connectivity index is 2.01. The van der Waals surface area contributed by atoms with Crippen molar-refractivity contribution in [3.05, 3.63) is 53.1 Å². The van der Waals surface area contributed by atoms with Crippen molar-refractivity contribution in [1.29, 1.82) is 0 Å². The number of pyridine rings is 1. The average molecular weight is 366 g/mol. The lowest BCUT2D eigenvalue weighted by Gasteiger charge is -2.27. The lowest BCUT2D eigenvalue weighted by Crippen LogP contribution is -2.30. The van der Waals surface area contributed by atoms with Crippen LogP contribution in [0.2, 0.25) is 0 Å². The van der Waals surface area contributed by atoms with Gasteiger partial charge in [-0.25, -0.2) is 4.39 Å². The minimum absolute atomic E-state index is 0.0752. The van der Waals surface area contributed by atoms with Crippen LogP contribution in [0.5, 0.6) is 0 Å². The van der Waals surface area contributed by atoms with Gasteiger partial charge in [0.1, 0.15) is 5.82 Å². The highest BCUT2D eigenvalue weighted by Gasteiger charge is 2.34. The molecule has 1 aromatic heterocycles. The van der Waals surface area contributed by atoms with E-state index in [4.69, 9.17) is 0 Å². The summed E-state index contributed by atoms with van der Waals surface area (Å²) in [5.41, 5.74) is 1.41. The number of benzene rings is 1. The maximum Gasteiger partial charge on any atom is 0.419 e. The topological polar surface area (TPSA) is 42.0 Å². The SMILES string of the molecule is CCC(=O)N[C@@H]1CCCc2c(-c3ccc(C(F)(F)F)c(F)c3)cncc21. The van der Waals surface area contributed by atoms with Crippen molar-refractivity contribution in [2.45, 2.75) is 44.8 Å². The maximum atomic E-state index is 14.0. The van der Waals surface area contributed by atoms with Crippen LogP contribution >= 0.6 is 0 Å². The summed E-state index contributed by atoms with van der Waals surface area (Å²) < 4.78 is 52.3. The Bertz CT molecular complexity index is 833. The number of nitrogens with zero attached hydrogens (tertiary/aromatic N) is 1. The molecule has 0 aliphatic heterocycles. The number of aromatic nitrogens is 1. The number of rotatable bonds is 3. The first-order valence-electron chi connectivity index (χ1n) is 8.44. The fraction of sp³-hybridized carbons (Fsp3) is 0.368. The molecule has 0 fully saturated rings. The van der Waals surface area contributed by atoms with E-state index in [0.29, 0.717) is 24.0 Å². The Kier molecular flexibility index (Phi) is 4.98. The first-order valence-corrected chi connectivity index (χ1v) is 8.44. The molecular formula is C19H18F4N2O. The van der Waals surface area contributed by atoms with Gasteiger partial charge in [-0.15, -0.1) is 0 Å².